The minimum absolute atomic E-state index is 0.255. The van der Waals surface area contributed by atoms with E-state index >= 15 is 0 Å². The van der Waals surface area contributed by atoms with E-state index in [1.54, 1.807) is 0 Å². The maximum absolute atomic E-state index is 13.4. The first-order valence-corrected chi connectivity index (χ1v) is 5.43. The third-order valence-corrected chi connectivity index (χ3v) is 2.71. The molecule has 1 aromatic rings. The Morgan fingerprint density at radius 1 is 1.35 bits per heavy atom. The largest absolute Gasteiger partial charge is 0.488 e. The number of carbonyl (C=O) groups is 1. The van der Waals surface area contributed by atoms with Crippen molar-refractivity contribution >= 4 is 5.97 Å². The first-order chi connectivity index (χ1) is 8.08. The summed E-state index contributed by atoms with van der Waals surface area (Å²) in [5.41, 5.74) is -0.422. The van der Waals surface area contributed by atoms with E-state index in [1.165, 1.54) is 0 Å². The monoisotopic (exact) mass is 242 g/mol. The predicted molar refractivity (Wildman–Crippen MR) is 56.2 cm³/mol. The highest BCUT2D eigenvalue weighted by Crippen LogP contribution is 2.32. The molecule has 5 heteroatoms. The second-order valence-corrected chi connectivity index (χ2v) is 4.15. The molecule has 0 bridgehead atoms. The molecule has 0 amide bonds. The number of ether oxygens (including phenoxy) is 1. The lowest BCUT2D eigenvalue weighted by molar-refractivity contribution is 0.0695. The molecule has 2 rings (SSSR count). The maximum atomic E-state index is 13.4. The van der Waals surface area contributed by atoms with E-state index < -0.39 is 28.9 Å². The molecule has 0 unspecified atom stereocenters. The topological polar surface area (TPSA) is 46.5 Å². The summed E-state index contributed by atoms with van der Waals surface area (Å²) in [5.74, 6) is -3.20. The van der Waals surface area contributed by atoms with Crippen LogP contribution in [-0.2, 0) is 0 Å². The second-order valence-electron chi connectivity index (χ2n) is 4.15. The van der Waals surface area contributed by atoms with E-state index in [1.807, 2.05) is 0 Å². The Kier molecular flexibility index (Phi) is 3.26. The summed E-state index contributed by atoms with van der Waals surface area (Å²) in [6.07, 6.45) is 3.07. The highest BCUT2D eigenvalue weighted by molar-refractivity contribution is 5.87. The number of carboxylic acid groups (broad SMARTS) is 1. The molecule has 0 spiro atoms. The molecule has 0 atom stereocenters. The highest BCUT2D eigenvalue weighted by Gasteiger charge is 2.22. The van der Waals surface area contributed by atoms with Crippen LogP contribution in [0.15, 0.2) is 12.1 Å². The third kappa shape index (κ3) is 2.93. The number of hydrogen-bond acceptors (Lipinski definition) is 2. The van der Waals surface area contributed by atoms with Gasteiger partial charge < -0.3 is 9.84 Å². The van der Waals surface area contributed by atoms with Gasteiger partial charge in [-0.15, -0.1) is 0 Å². The minimum Gasteiger partial charge on any atom is -0.488 e. The van der Waals surface area contributed by atoms with Crippen molar-refractivity contribution in [2.75, 3.05) is 6.61 Å². The number of aromatic carboxylic acids is 1. The first-order valence-electron chi connectivity index (χ1n) is 5.43. The molecule has 0 heterocycles. The zero-order valence-electron chi connectivity index (χ0n) is 9.08. The predicted octanol–water partition coefficient (Wildman–Crippen LogP) is 2.84. The molecular weight excluding hydrogens is 230 g/mol. The Bertz CT molecular complexity index is 418. The molecule has 1 aliphatic carbocycles. The fourth-order valence-corrected chi connectivity index (χ4v) is 1.56. The van der Waals surface area contributed by atoms with Crippen molar-refractivity contribution in [2.45, 2.75) is 19.3 Å². The summed E-state index contributed by atoms with van der Waals surface area (Å²) in [5, 5.41) is 8.61. The summed E-state index contributed by atoms with van der Waals surface area (Å²) in [4.78, 5) is 10.6. The summed E-state index contributed by atoms with van der Waals surface area (Å²) < 4.78 is 31.8. The average molecular weight is 242 g/mol. The van der Waals surface area contributed by atoms with Gasteiger partial charge in [-0.05, 0) is 24.5 Å². The van der Waals surface area contributed by atoms with Crippen LogP contribution in [0, 0.1) is 17.6 Å². The van der Waals surface area contributed by atoms with E-state index in [0.29, 0.717) is 5.92 Å². The lowest BCUT2D eigenvalue weighted by Gasteiger charge is -2.08. The molecule has 1 aliphatic rings. The van der Waals surface area contributed by atoms with Gasteiger partial charge in [-0.25, -0.2) is 13.6 Å². The average Bonchev–Trinajstić information content (AvgIpc) is 3.05. The SMILES string of the molecule is O=C(O)c1cc(F)c(OCCC2CC2)c(F)c1. The van der Waals surface area contributed by atoms with Crippen LogP contribution >= 0.6 is 0 Å². The van der Waals surface area contributed by atoms with Crippen LogP contribution in [0.3, 0.4) is 0 Å². The van der Waals surface area contributed by atoms with Crippen LogP contribution in [0.2, 0.25) is 0 Å². The second kappa shape index (κ2) is 4.69. The lowest BCUT2D eigenvalue weighted by Crippen LogP contribution is -2.05. The van der Waals surface area contributed by atoms with Crippen LogP contribution in [0.25, 0.3) is 0 Å². The van der Waals surface area contributed by atoms with Crippen molar-refractivity contribution in [1.82, 2.24) is 0 Å². The van der Waals surface area contributed by atoms with Crippen molar-refractivity contribution in [2.24, 2.45) is 5.92 Å². The van der Waals surface area contributed by atoms with E-state index in [4.69, 9.17) is 9.84 Å². The summed E-state index contributed by atoms with van der Waals surface area (Å²) >= 11 is 0. The normalized spacial score (nSPS) is 14.7. The highest BCUT2D eigenvalue weighted by atomic mass is 19.1. The lowest BCUT2D eigenvalue weighted by atomic mass is 10.2. The minimum atomic E-state index is -1.37. The zero-order chi connectivity index (χ0) is 12.4. The van der Waals surface area contributed by atoms with E-state index in [0.717, 1.165) is 31.4 Å². The Morgan fingerprint density at radius 2 is 1.94 bits per heavy atom. The van der Waals surface area contributed by atoms with Crippen LogP contribution in [-0.4, -0.2) is 17.7 Å². The number of hydrogen-bond donors (Lipinski definition) is 1. The molecule has 0 saturated heterocycles. The molecule has 1 fully saturated rings. The van der Waals surface area contributed by atoms with Gasteiger partial charge in [-0.3, -0.25) is 0 Å². The molecule has 3 nitrogen and oxygen atoms in total. The summed E-state index contributed by atoms with van der Waals surface area (Å²) in [6, 6.07) is 1.52. The van der Waals surface area contributed by atoms with Gasteiger partial charge in [0.1, 0.15) is 0 Å². The van der Waals surface area contributed by atoms with Crippen molar-refractivity contribution < 1.29 is 23.4 Å². The maximum Gasteiger partial charge on any atom is 0.335 e. The zero-order valence-corrected chi connectivity index (χ0v) is 9.08. The molecular formula is C12H12F2O3. The number of carboxylic acids is 1. The van der Waals surface area contributed by atoms with E-state index in [2.05, 4.69) is 0 Å². The number of rotatable bonds is 5. The van der Waals surface area contributed by atoms with Gasteiger partial charge in [0, 0.05) is 0 Å². The molecule has 1 aromatic carbocycles. The van der Waals surface area contributed by atoms with E-state index in [-0.39, 0.29) is 6.61 Å². The van der Waals surface area contributed by atoms with Crippen molar-refractivity contribution in [3.05, 3.63) is 29.3 Å². The van der Waals surface area contributed by atoms with Crippen molar-refractivity contribution in [3.63, 3.8) is 0 Å². The fraction of sp³-hybridized carbons (Fsp3) is 0.417. The Hall–Kier alpha value is -1.65. The summed E-state index contributed by atoms with van der Waals surface area (Å²) in [7, 11) is 0. The fourth-order valence-electron chi connectivity index (χ4n) is 1.56. The quantitative estimate of drug-likeness (QED) is 0.863. The molecule has 1 N–H and O–H groups in total. The van der Waals surface area contributed by atoms with Gasteiger partial charge in [-0.1, -0.05) is 12.8 Å². The molecule has 0 radical (unpaired) electrons. The van der Waals surface area contributed by atoms with Gasteiger partial charge in [0.05, 0.1) is 12.2 Å². The van der Waals surface area contributed by atoms with Gasteiger partial charge in [0.2, 0.25) is 0 Å². The Balaban J connectivity index is 2.07. The number of halogens is 2. The molecule has 92 valence electrons. The smallest absolute Gasteiger partial charge is 0.335 e. The Labute approximate surface area is 97.0 Å². The standard InChI is InChI=1S/C12H12F2O3/c13-9-5-8(12(15)16)6-10(14)11(9)17-4-3-7-1-2-7/h5-7H,1-4H2,(H,15,16). The molecule has 0 aromatic heterocycles. The first kappa shape index (κ1) is 11.8. The van der Waals surface area contributed by atoms with Crippen molar-refractivity contribution in [1.29, 1.82) is 0 Å². The molecule has 1 saturated carbocycles. The Morgan fingerprint density at radius 3 is 2.41 bits per heavy atom. The number of benzene rings is 1. The van der Waals surface area contributed by atoms with Crippen LogP contribution in [0.1, 0.15) is 29.6 Å². The van der Waals surface area contributed by atoms with Crippen LogP contribution in [0.5, 0.6) is 5.75 Å². The van der Waals surface area contributed by atoms with Gasteiger partial charge in [-0.2, -0.15) is 0 Å². The third-order valence-electron chi connectivity index (χ3n) is 2.71. The summed E-state index contributed by atoms with van der Waals surface area (Å²) in [6.45, 7) is 0.255. The van der Waals surface area contributed by atoms with E-state index in [9.17, 15) is 13.6 Å². The van der Waals surface area contributed by atoms with Crippen molar-refractivity contribution in [3.8, 4) is 5.75 Å². The van der Waals surface area contributed by atoms with Crippen LogP contribution in [0.4, 0.5) is 8.78 Å². The van der Waals surface area contributed by atoms with Gasteiger partial charge in [0.25, 0.3) is 0 Å². The van der Waals surface area contributed by atoms with Crippen LogP contribution < -0.4 is 4.74 Å². The van der Waals surface area contributed by atoms with Gasteiger partial charge in [0.15, 0.2) is 17.4 Å². The molecule has 17 heavy (non-hydrogen) atoms. The van der Waals surface area contributed by atoms with Gasteiger partial charge >= 0.3 is 5.97 Å². The molecule has 0 aliphatic heterocycles.